The van der Waals surface area contributed by atoms with Crippen LogP contribution in [0.2, 0.25) is 0 Å². The highest BCUT2D eigenvalue weighted by Crippen LogP contribution is 2.29. The molecule has 0 radical (unpaired) electrons. The summed E-state index contributed by atoms with van der Waals surface area (Å²) in [7, 11) is 0. The Morgan fingerprint density at radius 1 is 0.970 bits per heavy atom. The van der Waals surface area contributed by atoms with E-state index in [1.165, 1.54) is 12.5 Å². The first kappa shape index (κ1) is 22.1. The Bertz CT molecular complexity index is 1170. The van der Waals surface area contributed by atoms with Crippen LogP contribution < -0.4 is 9.47 Å². The molecule has 4 rings (SSSR count). The average molecular weight is 443 g/mol. The monoisotopic (exact) mass is 443 g/mol. The van der Waals surface area contributed by atoms with Gasteiger partial charge in [0.05, 0.1) is 25.1 Å². The van der Waals surface area contributed by atoms with Gasteiger partial charge in [-0.05, 0) is 53.4 Å². The second kappa shape index (κ2) is 10.5. The smallest absolute Gasteiger partial charge is 0.304 e. The van der Waals surface area contributed by atoms with Crippen LogP contribution in [-0.2, 0) is 11.4 Å². The van der Waals surface area contributed by atoms with Crippen molar-refractivity contribution in [2.45, 2.75) is 25.9 Å². The maximum Gasteiger partial charge on any atom is 0.304 e. The van der Waals surface area contributed by atoms with Crippen molar-refractivity contribution in [2.75, 3.05) is 6.61 Å². The zero-order chi connectivity index (χ0) is 23.0. The lowest BCUT2D eigenvalue weighted by Crippen LogP contribution is -2.08. The van der Waals surface area contributed by atoms with Crippen LogP contribution in [0, 0.1) is 0 Å². The van der Waals surface area contributed by atoms with Gasteiger partial charge in [-0.1, -0.05) is 48.5 Å². The molecule has 3 aromatic carbocycles. The fourth-order valence-corrected chi connectivity index (χ4v) is 3.62. The topological polar surface area (TPSA) is 81.8 Å². The highest BCUT2D eigenvalue weighted by Gasteiger charge is 2.22. The minimum absolute atomic E-state index is 0.0967. The lowest BCUT2D eigenvalue weighted by molar-refractivity contribution is -0.137. The van der Waals surface area contributed by atoms with Crippen molar-refractivity contribution in [3.63, 3.8) is 0 Å². The molecule has 0 aliphatic rings. The van der Waals surface area contributed by atoms with E-state index in [2.05, 4.69) is 23.2 Å². The molecule has 0 unspecified atom stereocenters. The number of rotatable bonds is 10. The van der Waals surface area contributed by atoms with Crippen LogP contribution in [-0.4, -0.2) is 22.7 Å². The molecule has 4 aromatic rings. The number of hydrogen-bond donors (Lipinski definition) is 1. The Kier molecular flexibility index (Phi) is 7.05. The summed E-state index contributed by atoms with van der Waals surface area (Å²) in [6, 6.07) is 23.6. The molecule has 6 nitrogen and oxygen atoms in total. The van der Waals surface area contributed by atoms with Gasteiger partial charge in [0.15, 0.2) is 0 Å². The van der Waals surface area contributed by atoms with E-state index < -0.39 is 11.9 Å². The van der Waals surface area contributed by atoms with Crippen molar-refractivity contribution in [3.8, 4) is 22.6 Å². The molecule has 0 spiro atoms. The Labute approximate surface area is 192 Å². The Hall–Kier alpha value is -4.06. The Morgan fingerprint density at radius 2 is 1.76 bits per heavy atom. The maximum atomic E-state index is 11.3. The van der Waals surface area contributed by atoms with Crippen molar-refractivity contribution < 1.29 is 23.8 Å². The van der Waals surface area contributed by atoms with E-state index in [-0.39, 0.29) is 6.42 Å². The third kappa shape index (κ3) is 5.80. The Balaban J connectivity index is 1.39. The fraction of sp³-hybridized carbons (Fsp3) is 0.185. The fourth-order valence-electron chi connectivity index (χ4n) is 3.62. The van der Waals surface area contributed by atoms with Crippen LogP contribution in [0.4, 0.5) is 0 Å². The van der Waals surface area contributed by atoms with Gasteiger partial charge in [-0.3, -0.25) is 4.79 Å². The lowest BCUT2D eigenvalue weighted by Gasteiger charge is -2.13. The number of carbonyl (C=O) groups is 1. The summed E-state index contributed by atoms with van der Waals surface area (Å²) in [5.41, 5.74) is 4.07. The molecular formula is C27H25NO5. The van der Waals surface area contributed by atoms with E-state index in [4.69, 9.17) is 13.9 Å². The zero-order valence-corrected chi connectivity index (χ0v) is 18.3. The Morgan fingerprint density at radius 3 is 2.42 bits per heavy atom. The number of carboxylic acid groups (broad SMARTS) is 1. The molecule has 1 aromatic heterocycles. The van der Waals surface area contributed by atoms with Crippen LogP contribution >= 0.6 is 0 Å². The van der Waals surface area contributed by atoms with E-state index in [1.54, 1.807) is 0 Å². The minimum Gasteiger partial charge on any atom is -0.494 e. The number of oxazole rings is 1. The first-order valence-corrected chi connectivity index (χ1v) is 10.8. The molecule has 0 amide bonds. The highest BCUT2D eigenvalue weighted by molar-refractivity contribution is 5.68. The predicted molar refractivity (Wildman–Crippen MR) is 124 cm³/mol. The number of aliphatic carboxylic acids is 1. The molecule has 1 atom stereocenters. The molecule has 6 heteroatoms. The highest BCUT2D eigenvalue weighted by atomic mass is 16.5. The van der Waals surface area contributed by atoms with Gasteiger partial charge < -0.3 is 19.0 Å². The van der Waals surface area contributed by atoms with Crippen molar-refractivity contribution >= 4 is 5.97 Å². The lowest BCUT2D eigenvalue weighted by atomic mass is 9.95. The summed E-state index contributed by atoms with van der Waals surface area (Å²) in [6.07, 6.45) is 2.87. The molecule has 0 bridgehead atoms. The molecule has 0 saturated heterocycles. The summed E-state index contributed by atoms with van der Waals surface area (Å²) in [6.45, 7) is 3.04. The summed E-state index contributed by atoms with van der Waals surface area (Å²) < 4.78 is 16.8. The summed E-state index contributed by atoms with van der Waals surface area (Å²) in [5.74, 6) is 0.595. The second-order valence-corrected chi connectivity index (χ2v) is 7.54. The molecule has 168 valence electrons. The van der Waals surface area contributed by atoms with E-state index in [0.29, 0.717) is 24.9 Å². The molecule has 0 aliphatic heterocycles. The average Bonchev–Trinajstić information content (AvgIpc) is 3.37. The van der Waals surface area contributed by atoms with Gasteiger partial charge in [-0.2, -0.15) is 0 Å². The zero-order valence-electron chi connectivity index (χ0n) is 18.3. The van der Waals surface area contributed by atoms with Crippen molar-refractivity contribution in [1.82, 2.24) is 4.98 Å². The van der Waals surface area contributed by atoms with Gasteiger partial charge >= 0.3 is 5.97 Å². The van der Waals surface area contributed by atoms with E-state index in [0.717, 1.165) is 28.0 Å². The van der Waals surface area contributed by atoms with Crippen molar-refractivity contribution in [3.05, 3.63) is 102 Å². The number of carboxylic acids is 1. The summed E-state index contributed by atoms with van der Waals surface area (Å²) >= 11 is 0. The molecular weight excluding hydrogens is 418 g/mol. The quantitative estimate of drug-likeness (QED) is 0.327. The van der Waals surface area contributed by atoms with Gasteiger partial charge in [0, 0.05) is 0 Å². The first-order chi connectivity index (χ1) is 16.1. The van der Waals surface area contributed by atoms with E-state index in [1.807, 2.05) is 61.5 Å². The normalized spacial score (nSPS) is 11.7. The van der Waals surface area contributed by atoms with Gasteiger partial charge in [0.1, 0.15) is 24.4 Å². The van der Waals surface area contributed by atoms with Crippen LogP contribution in [0.1, 0.15) is 36.3 Å². The standard InChI is InChI=1S/C27H25NO5/c1-2-31-24-5-3-4-22(16-24)20-8-6-19(7-9-20)18-33-23-12-10-21(11-13-23)25(17-26(29)30)27-28-14-15-32-27/h3-16,25H,2,17-18H2,1H3,(H,29,30)/t25-/m0/s1. The SMILES string of the molecule is CCOc1cccc(-c2ccc(COc3ccc([C@H](CC(=O)O)c4ncco4)cc3)cc2)c1. The van der Waals surface area contributed by atoms with Crippen molar-refractivity contribution in [1.29, 1.82) is 0 Å². The van der Waals surface area contributed by atoms with E-state index >= 15 is 0 Å². The van der Waals surface area contributed by atoms with Gasteiger partial charge in [0.25, 0.3) is 0 Å². The third-order valence-electron chi connectivity index (χ3n) is 5.25. The molecule has 0 fully saturated rings. The molecule has 1 heterocycles. The van der Waals surface area contributed by atoms with Gasteiger partial charge in [0.2, 0.25) is 5.89 Å². The number of aromatic nitrogens is 1. The molecule has 0 saturated carbocycles. The van der Waals surface area contributed by atoms with Gasteiger partial charge in [-0.25, -0.2) is 4.98 Å². The van der Waals surface area contributed by atoms with Crippen LogP contribution in [0.3, 0.4) is 0 Å². The summed E-state index contributed by atoms with van der Waals surface area (Å²) in [4.78, 5) is 15.4. The number of ether oxygens (including phenoxy) is 2. The number of benzene rings is 3. The number of hydrogen-bond acceptors (Lipinski definition) is 5. The summed E-state index contributed by atoms with van der Waals surface area (Å²) in [5, 5.41) is 9.24. The van der Waals surface area contributed by atoms with E-state index in [9.17, 15) is 9.90 Å². The molecule has 1 N–H and O–H groups in total. The van der Waals surface area contributed by atoms with Crippen LogP contribution in [0.25, 0.3) is 11.1 Å². The molecule has 33 heavy (non-hydrogen) atoms. The number of nitrogens with zero attached hydrogens (tertiary/aromatic N) is 1. The molecule has 0 aliphatic carbocycles. The van der Waals surface area contributed by atoms with Crippen molar-refractivity contribution in [2.24, 2.45) is 0 Å². The third-order valence-corrected chi connectivity index (χ3v) is 5.25. The first-order valence-electron chi connectivity index (χ1n) is 10.8. The largest absolute Gasteiger partial charge is 0.494 e. The predicted octanol–water partition coefficient (Wildman–Crippen LogP) is 5.93. The maximum absolute atomic E-state index is 11.3. The minimum atomic E-state index is -0.911. The van der Waals surface area contributed by atoms with Crippen LogP contribution in [0.5, 0.6) is 11.5 Å². The van der Waals surface area contributed by atoms with Gasteiger partial charge in [-0.15, -0.1) is 0 Å². The van der Waals surface area contributed by atoms with Crippen LogP contribution in [0.15, 0.2) is 89.7 Å². The second-order valence-electron chi connectivity index (χ2n) is 7.54.